The van der Waals surface area contributed by atoms with E-state index in [1.807, 2.05) is 0 Å². The van der Waals surface area contributed by atoms with Gasteiger partial charge in [0.1, 0.15) is 5.82 Å². The summed E-state index contributed by atoms with van der Waals surface area (Å²) >= 11 is 0. The molecule has 10 nitrogen and oxygen atoms in total. The molecule has 0 saturated carbocycles. The van der Waals surface area contributed by atoms with E-state index in [2.05, 4.69) is 10.7 Å². The fourth-order valence-electron chi connectivity index (χ4n) is 1.88. The van der Waals surface area contributed by atoms with E-state index < -0.39 is 18.2 Å². The second-order valence-corrected chi connectivity index (χ2v) is 4.40. The number of hydrazine groups is 1. The van der Waals surface area contributed by atoms with Crippen LogP contribution in [-0.4, -0.2) is 68.5 Å². The molecule has 1 rings (SSSR count). The fourth-order valence-corrected chi connectivity index (χ4v) is 1.88. The van der Waals surface area contributed by atoms with Crippen LogP contribution < -0.4 is 10.7 Å². The van der Waals surface area contributed by atoms with E-state index in [0.717, 1.165) is 0 Å². The summed E-state index contributed by atoms with van der Waals surface area (Å²) in [5, 5.41) is 3.65. The molecule has 0 aromatic carbocycles. The van der Waals surface area contributed by atoms with Gasteiger partial charge in [-0.1, -0.05) is 0 Å². The number of carbonyl (C=O) groups is 3. The van der Waals surface area contributed by atoms with Gasteiger partial charge in [-0.3, -0.25) is 0 Å². The highest BCUT2D eigenvalue weighted by atomic mass is 16.6. The number of methoxy groups -OCH3 is 1. The molecule has 0 bridgehead atoms. The highest BCUT2D eigenvalue weighted by Crippen LogP contribution is 2.16. The van der Waals surface area contributed by atoms with Crippen molar-refractivity contribution in [3.05, 3.63) is 11.5 Å². The Hall–Kier alpha value is -2.65. The van der Waals surface area contributed by atoms with Gasteiger partial charge in [0, 0.05) is 20.1 Å². The van der Waals surface area contributed by atoms with Gasteiger partial charge in [0.05, 0.1) is 20.3 Å². The number of hydrogen-bond donors (Lipinski definition) is 2. The smallest absolute Gasteiger partial charge is 0.433 e. The molecular formula is C13H22N4O6. The molecule has 1 aliphatic heterocycles. The number of nitrogens with one attached hydrogen (secondary N) is 2. The molecule has 2 amide bonds. The molecule has 0 atom stereocenters. The molecule has 0 spiro atoms. The first kappa shape index (κ1) is 18.4. The Kier molecular flexibility index (Phi) is 6.97. The summed E-state index contributed by atoms with van der Waals surface area (Å²) < 4.78 is 14.3. The summed E-state index contributed by atoms with van der Waals surface area (Å²) in [6, 6.07) is 0. The molecule has 130 valence electrons. The molecule has 0 aromatic rings. The van der Waals surface area contributed by atoms with Gasteiger partial charge in [-0.25, -0.2) is 19.8 Å². The summed E-state index contributed by atoms with van der Waals surface area (Å²) in [5.41, 5.74) is 1.99. The van der Waals surface area contributed by atoms with Crippen LogP contribution >= 0.6 is 0 Å². The van der Waals surface area contributed by atoms with E-state index in [1.54, 1.807) is 25.8 Å². The fraction of sp³-hybridized carbons (Fsp3) is 0.615. The molecule has 0 unspecified atom stereocenters. The lowest BCUT2D eigenvalue weighted by atomic mass is 10.4. The van der Waals surface area contributed by atoms with Crippen LogP contribution in [0.25, 0.3) is 0 Å². The maximum atomic E-state index is 12.2. The third-order valence-electron chi connectivity index (χ3n) is 2.88. The number of carbonyl (C=O) groups excluding carboxylic acids is 3. The van der Waals surface area contributed by atoms with Gasteiger partial charge >= 0.3 is 18.2 Å². The zero-order valence-corrected chi connectivity index (χ0v) is 13.7. The average Bonchev–Trinajstić information content (AvgIpc) is 2.92. The van der Waals surface area contributed by atoms with Gasteiger partial charge in [0.15, 0.2) is 5.70 Å². The zero-order valence-electron chi connectivity index (χ0n) is 13.7. The zero-order chi connectivity index (χ0) is 17.4. The first-order valence-electron chi connectivity index (χ1n) is 7.14. The van der Waals surface area contributed by atoms with Gasteiger partial charge in [-0.2, -0.15) is 5.01 Å². The standard InChI is InChI=1S/C13H22N4O6/c1-5-22-12(19)15-17(13(20)23-6-2)9(11(18)21-4)10-14-7-8-16(10)3/h14H,5-8H2,1-4H3,(H,15,19)/b10-9-. The quantitative estimate of drug-likeness (QED) is 0.320. The van der Waals surface area contributed by atoms with Crippen molar-refractivity contribution in [3.8, 4) is 0 Å². The number of amides is 2. The molecular weight excluding hydrogens is 308 g/mol. The van der Waals surface area contributed by atoms with Crippen LogP contribution in [0, 0.1) is 0 Å². The minimum atomic E-state index is -0.935. The number of nitrogens with zero attached hydrogens (tertiary/aromatic N) is 2. The molecule has 2 N–H and O–H groups in total. The summed E-state index contributed by atoms with van der Waals surface area (Å²) in [4.78, 5) is 37.7. The Balaban J connectivity index is 3.23. The van der Waals surface area contributed by atoms with E-state index in [9.17, 15) is 14.4 Å². The van der Waals surface area contributed by atoms with Crippen LogP contribution in [0.1, 0.15) is 13.8 Å². The lowest BCUT2D eigenvalue weighted by Gasteiger charge is -2.26. The first-order chi connectivity index (χ1) is 11.0. The normalized spacial score (nSPS) is 15.4. The number of ether oxygens (including phenoxy) is 3. The molecule has 1 heterocycles. The van der Waals surface area contributed by atoms with Gasteiger partial charge in [0.25, 0.3) is 0 Å². The van der Waals surface area contributed by atoms with E-state index in [1.165, 1.54) is 7.11 Å². The maximum absolute atomic E-state index is 12.2. The Bertz CT molecular complexity index is 493. The van der Waals surface area contributed by atoms with E-state index in [4.69, 9.17) is 14.2 Å². The van der Waals surface area contributed by atoms with Crippen molar-refractivity contribution in [2.75, 3.05) is 40.5 Å². The molecule has 0 aromatic heterocycles. The van der Waals surface area contributed by atoms with Crippen molar-refractivity contribution < 1.29 is 28.6 Å². The number of rotatable bonds is 4. The van der Waals surface area contributed by atoms with Crippen molar-refractivity contribution in [2.45, 2.75) is 13.8 Å². The van der Waals surface area contributed by atoms with Crippen LogP contribution in [-0.2, 0) is 19.0 Å². The summed E-state index contributed by atoms with van der Waals surface area (Å²) in [6.07, 6.45) is -1.83. The van der Waals surface area contributed by atoms with E-state index >= 15 is 0 Å². The SMILES string of the molecule is CCOC(=O)NN(C(=O)OCC)/C(C(=O)OC)=C1/NCCN1C. The minimum absolute atomic E-state index is 0.0624. The van der Waals surface area contributed by atoms with Crippen molar-refractivity contribution in [1.29, 1.82) is 0 Å². The summed E-state index contributed by atoms with van der Waals surface area (Å²) in [6.45, 7) is 4.57. The molecule has 10 heteroatoms. The van der Waals surface area contributed by atoms with Crippen molar-refractivity contribution in [2.24, 2.45) is 0 Å². The third-order valence-corrected chi connectivity index (χ3v) is 2.88. The predicted molar refractivity (Wildman–Crippen MR) is 78.7 cm³/mol. The largest absolute Gasteiger partial charge is 0.464 e. The van der Waals surface area contributed by atoms with E-state index in [-0.39, 0.29) is 18.9 Å². The van der Waals surface area contributed by atoms with Crippen molar-refractivity contribution >= 4 is 18.2 Å². The summed E-state index contributed by atoms with van der Waals surface area (Å²) in [7, 11) is 2.90. The van der Waals surface area contributed by atoms with Crippen LogP contribution in [0.3, 0.4) is 0 Å². The maximum Gasteiger partial charge on any atom is 0.433 e. The van der Waals surface area contributed by atoms with Crippen LogP contribution in [0.15, 0.2) is 11.5 Å². The highest BCUT2D eigenvalue weighted by Gasteiger charge is 2.34. The third kappa shape index (κ3) is 4.66. The highest BCUT2D eigenvalue weighted by molar-refractivity contribution is 5.93. The second-order valence-electron chi connectivity index (χ2n) is 4.40. The van der Waals surface area contributed by atoms with Crippen molar-refractivity contribution in [1.82, 2.24) is 20.7 Å². The lowest BCUT2D eigenvalue weighted by molar-refractivity contribution is -0.138. The molecule has 1 fully saturated rings. The Morgan fingerprint density at radius 1 is 1.26 bits per heavy atom. The molecule has 0 radical (unpaired) electrons. The van der Waals surface area contributed by atoms with Gasteiger partial charge in [-0.15, -0.1) is 0 Å². The topological polar surface area (TPSA) is 109 Å². The first-order valence-corrected chi connectivity index (χ1v) is 7.14. The minimum Gasteiger partial charge on any atom is -0.464 e. The number of esters is 1. The van der Waals surface area contributed by atoms with Crippen molar-refractivity contribution in [3.63, 3.8) is 0 Å². The average molecular weight is 330 g/mol. The second kappa shape index (κ2) is 8.71. The van der Waals surface area contributed by atoms with Crippen LogP contribution in [0.5, 0.6) is 0 Å². The monoisotopic (exact) mass is 330 g/mol. The Morgan fingerprint density at radius 2 is 1.91 bits per heavy atom. The Morgan fingerprint density at radius 3 is 2.39 bits per heavy atom. The lowest BCUT2D eigenvalue weighted by Crippen LogP contribution is -2.49. The van der Waals surface area contributed by atoms with Gasteiger partial charge in [-0.05, 0) is 13.8 Å². The molecule has 1 aliphatic rings. The molecule has 0 aliphatic carbocycles. The van der Waals surface area contributed by atoms with E-state index in [0.29, 0.717) is 23.9 Å². The number of likely N-dealkylation sites (N-methyl/N-ethyl adjacent to an activating group) is 1. The predicted octanol–water partition coefficient (Wildman–Crippen LogP) is -0.0169. The Labute approximate surface area is 134 Å². The van der Waals surface area contributed by atoms with Gasteiger partial charge in [0.2, 0.25) is 0 Å². The molecule has 1 saturated heterocycles. The number of hydrogen-bond acceptors (Lipinski definition) is 8. The van der Waals surface area contributed by atoms with Crippen LogP contribution in [0.4, 0.5) is 9.59 Å². The summed E-state index contributed by atoms with van der Waals surface area (Å²) in [5.74, 6) is -0.479. The molecule has 23 heavy (non-hydrogen) atoms. The van der Waals surface area contributed by atoms with Gasteiger partial charge < -0.3 is 24.4 Å². The van der Waals surface area contributed by atoms with Crippen LogP contribution in [0.2, 0.25) is 0 Å².